The smallest absolute Gasteiger partial charge is 0.390 e. The maximum Gasteiger partial charge on any atom is 0.416 e. The van der Waals surface area contributed by atoms with Crippen LogP contribution in [-0.2, 0) is 12.8 Å². The summed E-state index contributed by atoms with van der Waals surface area (Å²) >= 11 is 5.31. The molecular formula is C7H5ClF3NO. The molecule has 1 aromatic rings. The topological polar surface area (TPSA) is 33.1 Å². The van der Waals surface area contributed by atoms with Crippen LogP contribution < -0.4 is 0 Å². The lowest BCUT2D eigenvalue weighted by Crippen LogP contribution is -2.06. The van der Waals surface area contributed by atoms with Crippen molar-refractivity contribution in [2.45, 2.75) is 12.8 Å². The van der Waals surface area contributed by atoms with Gasteiger partial charge in [0.25, 0.3) is 0 Å². The molecule has 1 heterocycles. The Morgan fingerprint density at radius 1 is 1.38 bits per heavy atom. The Kier molecular flexibility index (Phi) is 2.77. The highest BCUT2D eigenvalue weighted by molar-refractivity contribution is 6.29. The Morgan fingerprint density at radius 2 is 2.00 bits per heavy atom. The number of aliphatic hydroxyl groups excluding tert-OH is 1. The first-order chi connectivity index (χ1) is 5.93. The molecule has 0 spiro atoms. The zero-order valence-corrected chi connectivity index (χ0v) is 7.02. The summed E-state index contributed by atoms with van der Waals surface area (Å²) in [6.07, 6.45) is -4.46. The number of hydrogen-bond donors (Lipinski definition) is 1. The average molecular weight is 212 g/mol. The summed E-state index contributed by atoms with van der Waals surface area (Å²) in [6.45, 7) is -0.566. The molecule has 1 N–H and O–H groups in total. The van der Waals surface area contributed by atoms with Gasteiger partial charge in [0.2, 0.25) is 0 Å². The molecule has 0 saturated heterocycles. The molecule has 0 aliphatic carbocycles. The van der Waals surface area contributed by atoms with Crippen molar-refractivity contribution in [2.24, 2.45) is 0 Å². The van der Waals surface area contributed by atoms with Crippen LogP contribution in [0.25, 0.3) is 0 Å². The summed E-state index contributed by atoms with van der Waals surface area (Å²) in [4.78, 5) is 3.48. The summed E-state index contributed by atoms with van der Waals surface area (Å²) in [5, 5.41) is 8.28. The normalized spacial score (nSPS) is 11.8. The second-order valence-electron chi connectivity index (χ2n) is 2.33. The van der Waals surface area contributed by atoms with Crippen LogP contribution in [-0.4, -0.2) is 10.1 Å². The fourth-order valence-electron chi connectivity index (χ4n) is 0.796. The minimum atomic E-state index is -4.46. The number of halogens is 4. The molecule has 0 aromatic carbocycles. The van der Waals surface area contributed by atoms with Gasteiger partial charge in [-0.1, -0.05) is 11.6 Å². The molecule has 13 heavy (non-hydrogen) atoms. The fourth-order valence-corrected chi connectivity index (χ4v) is 1.02. The van der Waals surface area contributed by atoms with Gasteiger partial charge in [0.15, 0.2) is 0 Å². The molecule has 0 aliphatic heterocycles. The third-order valence-corrected chi connectivity index (χ3v) is 1.53. The molecule has 0 amide bonds. The second-order valence-corrected chi connectivity index (χ2v) is 2.71. The molecular weight excluding hydrogens is 207 g/mol. The number of hydrogen-bond acceptors (Lipinski definition) is 2. The highest BCUT2D eigenvalue weighted by Crippen LogP contribution is 2.30. The van der Waals surface area contributed by atoms with Crippen molar-refractivity contribution < 1.29 is 18.3 Å². The molecule has 72 valence electrons. The minimum absolute atomic E-state index is 0.0974. The molecule has 0 aliphatic rings. The molecule has 2 nitrogen and oxygen atoms in total. The van der Waals surface area contributed by atoms with Crippen LogP contribution in [0.1, 0.15) is 11.3 Å². The van der Waals surface area contributed by atoms with Crippen molar-refractivity contribution in [3.63, 3.8) is 0 Å². The van der Waals surface area contributed by atoms with Gasteiger partial charge in [0.05, 0.1) is 17.9 Å². The van der Waals surface area contributed by atoms with Crippen LogP contribution >= 0.6 is 11.6 Å². The zero-order valence-electron chi connectivity index (χ0n) is 6.27. The standard InChI is InChI=1S/C7H5ClF3NO/c8-6-2-4(7(9,10)11)1-5(3-13)12-6/h1-2,13H,3H2. The van der Waals surface area contributed by atoms with Crippen molar-refractivity contribution in [3.8, 4) is 0 Å². The van der Waals surface area contributed by atoms with Gasteiger partial charge in [0.1, 0.15) is 5.15 Å². The number of aromatic nitrogens is 1. The summed E-state index contributed by atoms with van der Waals surface area (Å²) in [7, 11) is 0. The molecule has 1 aromatic heterocycles. The van der Waals surface area contributed by atoms with E-state index in [4.69, 9.17) is 16.7 Å². The van der Waals surface area contributed by atoms with E-state index in [2.05, 4.69) is 4.98 Å². The lowest BCUT2D eigenvalue weighted by Gasteiger charge is -2.07. The van der Waals surface area contributed by atoms with E-state index in [1.807, 2.05) is 0 Å². The van der Waals surface area contributed by atoms with Crippen LogP contribution in [0.3, 0.4) is 0 Å². The second kappa shape index (κ2) is 3.51. The fraction of sp³-hybridized carbons (Fsp3) is 0.286. The summed E-state index contributed by atoms with van der Waals surface area (Å²) in [5.74, 6) is 0. The predicted molar refractivity (Wildman–Crippen MR) is 40.2 cm³/mol. The van der Waals surface area contributed by atoms with Crippen molar-refractivity contribution >= 4 is 11.6 Å². The van der Waals surface area contributed by atoms with Crippen molar-refractivity contribution in [3.05, 3.63) is 28.5 Å². The van der Waals surface area contributed by atoms with Crippen molar-refractivity contribution in [1.29, 1.82) is 0 Å². The number of aliphatic hydroxyl groups is 1. The summed E-state index contributed by atoms with van der Waals surface area (Å²) < 4.78 is 36.3. The van der Waals surface area contributed by atoms with Crippen LogP contribution in [0.15, 0.2) is 12.1 Å². The van der Waals surface area contributed by atoms with E-state index in [-0.39, 0.29) is 10.8 Å². The molecule has 0 radical (unpaired) electrons. The molecule has 0 atom stereocenters. The Morgan fingerprint density at radius 3 is 2.46 bits per heavy atom. The van der Waals surface area contributed by atoms with E-state index in [9.17, 15) is 13.2 Å². The van der Waals surface area contributed by atoms with Crippen molar-refractivity contribution in [1.82, 2.24) is 4.98 Å². The first-order valence-electron chi connectivity index (χ1n) is 3.28. The van der Waals surface area contributed by atoms with Crippen LogP contribution in [0.4, 0.5) is 13.2 Å². The highest BCUT2D eigenvalue weighted by atomic mass is 35.5. The van der Waals surface area contributed by atoms with Crippen molar-refractivity contribution in [2.75, 3.05) is 0 Å². The SMILES string of the molecule is OCc1cc(C(F)(F)F)cc(Cl)n1. The summed E-state index contributed by atoms with van der Waals surface area (Å²) in [5.41, 5.74) is -1.00. The van der Waals surface area contributed by atoms with E-state index in [1.54, 1.807) is 0 Å². The first kappa shape index (κ1) is 10.3. The lowest BCUT2D eigenvalue weighted by atomic mass is 10.2. The Hall–Kier alpha value is -0.810. The molecule has 0 saturated carbocycles. The third kappa shape index (κ3) is 2.57. The Bertz CT molecular complexity index is 313. The van der Waals surface area contributed by atoms with E-state index in [1.165, 1.54) is 0 Å². The number of pyridine rings is 1. The largest absolute Gasteiger partial charge is 0.416 e. The predicted octanol–water partition coefficient (Wildman–Crippen LogP) is 2.25. The molecule has 1 rings (SSSR count). The van der Waals surface area contributed by atoms with E-state index >= 15 is 0 Å². The highest BCUT2D eigenvalue weighted by Gasteiger charge is 2.31. The zero-order chi connectivity index (χ0) is 10.1. The van der Waals surface area contributed by atoms with E-state index in [0.29, 0.717) is 6.07 Å². The van der Waals surface area contributed by atoms with Gasteiger partial charge in [-0.2, -0.15) is 13.2 Å². The van der Waals surface area contributed by atoms with Crippen LogP contribution in [0.5, 0.6) is 0 Å². The lowest BCUT2D eigenvalue weighted by molar-refractivity contribution is -0.137. The molecule has 0 bridgehead atoms. The number of alkyl halides is 3. The average Bonchev–Trinajstić information content (AvgIpc) is 2.01. The van der Waals surface area contributed by atoms with Gasteiger partial charge in [-0.3, -0.25) is 0 Å². The van der Waals surface area contributed by atoms with Gasteiger partial charge in [-0.25, -0.2) is 4.98 Å². The molecule has 0 unspecified atom stereocenters. The van der Waals surface area contributed by atoms with Gasteiger partial charge in [-0.05, 0) is 12.1 Å². The third-order valence-electron chi connectivity index (χ3n) is 1.34. The molecule has 0 fully saturated rings. The minimum Gasteiger partial charge on any atom is -0.390 e. The van der Waals surface area contributed by atoms with Gasteiger partial charge in [0, 0.05) is 0 Å². The quantitative estimate of drug-likeness (QED) is 0.723. The van der Waals surface area contributed by atoms with E-state index < -0.39 is 18.3 Å². The number of rotatable bonds is 1. The van der Waals surface area contributed by atoms with E-state index in [0.717, 1.165) is 6.07 Å². The maximum atomic E-state index is 12.1. The monoisotopic (exact) mass is 211 g/mol. The molecule has 6 heteroatoms. The van der Waals surface area contributed by atoms with Gasteiger partial charge < -0.3 is 5.11 Å². The first-order valence-corrected chi connectivity index (χ1v) is 3.66. The Balaban J connectivity index is 3.16. The Labute approximate surface area is 77.0 Å². The number of nitrogens with zero attached hydrogens (tertiary/aromatic N) is 1. The maximum absolute atomic E-state index is 12.1. The van der Waals surface area contributed by atoms with Gasteiger partial charge >= 0.3 is 6.18 Å². The van der Waals surface area contributed by atoms with Gasteiger partial charge in [-0.15, -0.1) is 0 Å². The summed E-state index contributed by atoms with van der Waals surface area (Å²) in [6, 6.07) is 1.46. The van der Waals surface area contributed by atoms with Crippen LogP contribution in [0, 0.1) is 0 Å². The van der Waals surface area contributed by atoms with Crippen LogP contribution in [0.2, 0.25) is 5.15 Å².